The molecule has 0 spiro atoms. The molecule has 1 aliphatic heterocycles. The Labute approximate surface area is 90.6 Å². The first-order valence-corrected chi connectivity index (χ1v) is 5.50. The van der Waals surface area contributed by atoms with Crippen LogP contribution in [0, 0.1) is 0 Å². The highest BCUT2D eigenvalue weighted by Gasteiger charge is 2.19. The van der Waals surface area contributed by atoms with E-state index in [9.17, 15) is 4.79 Å². The average molecular weight is 215 g/mol. The summed E-state index contributed by atoms with van der Waals surface area (Å²) in [4.78, 5) is 13.5. The molecule has 5 nitrogen and oxygen atoms in total. The quantitative estimate of drug-likeness (QED) is 0.556. The van der Waals surface area contributed by atoms with Gasteiger partial charge in [-0.05, 0) is 26.3 Å². The predicted molar refractivity (Wildman–Crippen MR) is 58.3 cm³/mol. The number of rotatable bonds is 4. The highest BCUT2D eigenvalue weighted by Crippen LogP contribution is 2.07. The van der Waals surface area contributed by atoms with Gasteiger partial charge in [0.2, 0.25) is 5.91 Å². The van der Waals surface area contributed by atoms with E-state index in [1.165, 1.54) is 0 Å². The fourth-order valence-corrected chi connectivity index (χ4v) is 1.80. The Morgan fingerprint density at radius 2 is 2.47 bits per heavy atom. The number of nitrogens with zero attached hydrogens (tertiary/aromatic N) is 1. The molecule has 88 valence electrons. The number of nitrogens with one attached hydrogen (secondary N) is 1. The maximum absolute atomic E-state index is 11.5. The Hall–Kier alpha value is -0.650. The first-order chi connectivity index (χ1) is 7.11. The maximum Gasteiger partial charge on any atom is 0.234 e. The van der Waals surface area contributed by atoms with Crippen LogP contribution in [0.25, 0.3) is 0 Å². The monoisotopic (exact) mass is 215 g/mol. The number of aliphatic hydroxyl groups excluding tert-OH is 1. The third kappa shape index (κ3) is 4.59. The van der Waals surface area contributed by atoms with Crippen LogP contribution in [-0.2, 0) is 4.79 Å². The second-order valence-electron chi connectivity index (χ2n) is 4.29. The molecule has 0 aliphatic carbocycles. The van der Waals surface area contributed by atoms with Crippen molar-refractivity contribution in [2.75, 3.05) is 26.2 Å². The van der Waals surface area contributed by atoms with Crippen LogP contribution in [0.4, 0.5) is 0 Å². The van der Waals surface area contributed by atoms with Gasteiger partial charge in [0.05, 0.1) is 13.2 Å². The number of carbonyl (C=O) groups excluding carboxylic acids is 1. The SMILES string of the molecule is C[C@@H](CO)NC(=O)CN1CCC[C@@H](N)C1. The predicted octanol–water partition coefficient (Wildman–Crippen LogP) is -1.09. The van der Waals surface area contributed by atoms with Crippen molar-refractivity contribution in [3.8, 4) is 0 Å². The van der Waals surface area contributed by atoms with Crippen LogP contribution in [0.2, 0.25) is 0 Å². The molecule has 15 heavy (non-hydrogen) atoms. The van der Waals surface area contributed by atoms with Gasteiger partial charge in [-0.2, -0.15) is 0 Å². The molecule has 5 heteroatoms. The van der Waals surface area contributed by atoms with Crippen molar-refractivity contribution in [1.82, 2.24) is 10.2 Å². The molecule has 0 aromatic heterocycles. The van der Waals surface area contributed by atoms with Gasteiger partial charge in [-0.1, -0.05) is 0 Å². The van der Waals surface area contributed by atoms with E-state index >= 15 is 0 Å². The number of hydrogen-bond donors (Lipinski definition) is 3. The minimum atomic E-state index is -0.170. The van der Waals surface area contributed by atoms with E-state index in [0.717, 1.165) is 25.9 Å². The summed E-state index contributed by atoms with van der Waals surface area (Å²) in [5, 5.41) is 11.5. The van der Waals surface area contributed by atoms with Crippen molar-refractivity contribution in [2.45, 2.75) is 31.8 Å². The summed E-state index contributed by atoms with van der Waals surface area (Å²) < 4.78 is 0. The van der Waals surface area contributed by atoms with Crippen molar-refractivity contribution in [1.29, 1.82) is 0 Å². The normalized spacial score (nSPS) is 24.9. The lowest BCUT2D eigenvalue weighted by Gasteiger charge is -2.30. The van der Waals surface area contributed by atoms with Crippen LogP contribution in [0.5, 0.6) is 0 Å². The van der Waals surface area contributed by atoms with E-state index in [1.54, 1.807) is 6.92 Å². The molecule has 0 bridgehead atoms. The highest BCUT2D eigenvalue weighted by atomic mass is 16.3. The first kappa shape index (κ1) is 12.4. The van der Waals surface area contributed by atoms with E-state index in [0.29, 0.717) is 6.54 Å². The summed E-state index contributed by atoms with van der Waals surface area (Å²) in [6.07, 6.45) is 2.11. The lowest BCUT2D eigenvalue weighted by molar-refractivity contribution is -0.123. The van der Waals surface area contributed by atoms with Crippen molar-refractivity contribution >= 4 is 5.91 Å². The summed E-state index contributed by atoms with van der Waals surface area (Å²) in [5.41, 5.74) is 5.81. The van der Waals surface area contributed by atoms with Crippen LogP contribution >= 0.6 is 0 Å². The molecule has 4 N–H and O–H groups in total. The summed E-state index contributed by atoms with van der Waals surface area (Å²) in [7, 11) is 0. The van der Waals surface area contributed by atoms with Gasteiger partial charge >= 0.3 is 0 Å². The molecule has 0 radical (unpaired) electrons. The van der Waals surface area contributed by atoms with Gasteiger partial charge in [-0.15, -0.1) is 0 Å². The van der Waals surface area contributed by atoms with E-state index in [4.69, 9.17) is 10.8 Å². The van der Waals surface area contributed by atoms with Gasteiger partial charge in [0.1, 0.15) is 0 Å². The zero-order valence-electron chi connectivity index (χ0n) is 9.28. The summed E-state index contributed by atoms with van der Waals surface area (Å²) >= 11 is 0. The van der Waals surface area contributed by atoms with Crippen LogP contribution in [0.1, 0.15) is 19.8 Å². The zero-order valence-corrected chi connectivity index (χ0v) is 9.28. The molecular weight excluding hydrogens is 194 g/mol. The highest BCUT2D eigenvalue weighted by molar-refractivity contribution is 5.78. The van der Waals surface area contributed by atoms with E-state index in [2.05, 4.69) is 10.2 Å². The molecule has 1 saturated heterocycles. The lowest BCUT2D eigenvalue weighted by Crippen LogP contribution is -2.48. The Kier molecular flexibility index (Phi) is 5.01. The smallest absolute Gasteiger partial charge is 0.234 e. The number of likely N-dealkylation sites (tertiary alicyclic amines) is 1. The fourth-order valence-electron chi connectivity index (χ4n) is 1.80. The number of aliphatic hydroxyl groups is 1. The molecule has 1 fully saturated rings. The van der Waals surface area contributed by atoms with Crippen LogP contribution in [0.15, 0.2) is 0 Å². The number of amides is 1. The molecule has 0 unspecified atom stereocenters. The molecule has 1 aliphatic rings. The van der Waals surface area contributed by atoms with Crippen LogP contribution in [0.3, 0.4) is 0 Å². The third-order valence-corrected chi connectivity index (χ3v) is 2.59. The lowest BCUT2D eigenvalue weighted by atomic mass is 10.1. The van der Waals surface area contributed by atoms with Gasteiger partial charge in [-0.3, -0.25) is 9.69 Å². The first-order valence-electron chi connectivity index (χ1n) is 5.50. The molecule has 1 rings (SSSR count). The molecule has 1 heterocycles. The maximum atomic E-state index is 11.5. The second kappa shape index (κ2) is 6.05. The van der Waals surface area contributed by atoms with Crippen molar-refractivity contribution < 1.29 is 9.90 Å². The molecular formula is C10H21N3O2. The fraction of sp³-hybridized carbons (Fsp3) is 0.900. The Morgan fingerprint density at radius 1 is 1.73 bits per heavy atom. The molecule has 0 aromatic carbocycles. The van der Waals surface area contributed by atoms with E-state index in [1.807, 2.05) is 0 Å². The van der Waals surface area contributed by atoms with E-state index < -0.39 is 0 Å². The van der Waals surface area contributed by atoms with Gasteiger partial charge in [0.15, 0.2) is 0 Å². The Morgan fingerprint density at radius 3 is 3.07 bits per heavy atom. The van der Waals surface area contributed by atoms with Crippen molar-refractivity contribution in [3.05, 3.63) is 0 Å². The van der Waals surface area contributed by atoms with Crippen molar-refractivity contribution in [2.24, 2.45) is 5.73 Å². The average Bonchev–Trinajstić information content (AvgIpc) is 2.17. The molecule has 1 amide bonds. The van der Waals surface area contributed by atoms with Gasteiger partial charge in [0, 0.05) is 18.6 Å². The van der Waals surface area contributed by atoms with Crippen LogP contribution < -0.4 is 11.1 Å². The molecule has 0 aromatic rings. The Balaban J connectivity index is 2.24. The number of carbonyl (C=O) groups is 1. The summed E-state index contributed by atoms with van der Waals surface area (Å²) in [5.74, 6) is -0.0364. The van der Waals surface area contributed by atoms with Gasteiger partial charge < -0.3 is 16.2 Å². The number of piperidine rings is 1. The minimum absolute atomic E-state index is 0.0226. The van der Waals surface area contributed by atoms with Gasteiger partial charge in [0.25, 0.3) is 0 Å². The van der Waals surface area contributed by atoms with Gasteiger partial charge in [-0.25, -0.2) is 0 Å². The largest absolute Gasteiger partial charge is 0.394 e. The standard InChI is InChI=1S/C10H21N3O2/c1-8(7-14)12-10(15)6-13-4-2-3-9(11)5-13/h8-9,14H,2-7,11H2,1H3,(H,12,15)/t8-,9+/m0/s1. The molecule has 2 atom stereocenters. The Bertz CT molecular complexity index is 211. The zero-order chi connectivity index (χ0) is 11.3. The summed E-state index contributed by atoms with van der Waals surface area (Å²) in [6, 6.07) is 0.0257. The van der Waals surface area contributed by atoms with Crippen molar-refractivity contribution in [3.63, 3.8) is 0 Å². The third-order valence-electron chi connectivity index (χ3n) is 2.59. The number of hydrogen-bond acceptors (Lipinski definition) is 4. The van der Waals surface area contributed by atoms with E-state index in [-0.39, 0.29) is 24.6 Å². The number of nitrogens with two attached hydrogens (primary N) is 1. The summed E-state index contributed by atoms with van der Waals surface area (Å²) in [6.45, 7) is 3.87. The molecule has 0 saturated carbocycles. The minimum Gasteiger partial charge on any atom is -0.394 e. The van der Waals surface area contributed by atoms with Crippen LogP contribution in [-0.4, -0.2) is 54.2 Å². The second-order valence-corrected chi connectivity index (χ2v) is 4.29. The topological polar surface area (TPSA) is 78.6 Å².